The van der Waals surface area contributed by atoms with Crippen molar-refractivity contribution in [2.45, 2.75) is 12.5 Å². The third-order valence-corrected chi connectivity index (χ3v) is 6.56. The van der Waals surface area contributed by atoms with E-state index in [4.69, 9.17) is 15.5 Å². The van der Waals surface area contributed by atoms with Gasteiger partial charge in [0.05, 0.1) is 5.69 Å². The molecule has 0 saturated carbocycles. The zero-order valence-corrected chi connectivity index (χ0v) is 18.4. The molecule has 31 heavy (non-hydrogen) atoms. The van der Waals surface area contributed by atoms with Crippen LogP contribution in [-0.4, -0.2) is 49.2 Å². The monoisotopic (exact) mass is 435 g/mol. The molecule has 0 amide bonds. The number of allylic oxidation sites excluding steroid dienone is 2. The molecular formula is C23H27N6OS+. The van der Waals surface area contributed by atoms with Gasteiger partial charge in [-0.1, -0.05) is 11.1 Å². The van der Waals surface area contributed by atoms with Crippen LogP contribution in [0.25, 0.3) is 10.2 Å². The summed E-state index contributed by atoms with van der Waals surface area (Å²) in [7, 11) is 2.17. The summed E-state index contributed by atoms with van der Waals surface area (Å²) in [5.41, 5.74) is 9.92. The first-order valence-corrected chi connectivity index (χ1v) is 11.4. The molecule has 4 N–H and O–H groups in total. The Morgan fingerprint density at radius 3 is 2.74 bits per heavy atom. The van der Waals surface area contributed by atoms with Gasteiger partial charge in [0.15, 0.2) is 5.52 Å². The summed E-state index contributed by atoms with van der Waals surface area (Å²) in [6.45, 7) is 4.31. The lowest BCUT2D eigenvalue weighted by Crippen LogP contribution is -2.44. The number of hydrogen-bond donors (Lipinski definition) is 2. The maximum atomic E-state index is 6.24. The van der Waals surface area contributed by atoms with E-state index in [1.807, 2.05) is 29.7 Å². The summed E-state index contributed by atoms with van der Waals surface area (Å²) >= 11 is 1.61. The number of benzene rings is 1. The number of thiophene rings is 1. The number of H-pyrrole nitrogens is 1. The second kappa shape index (κ2) is 8.56. The van der Waals surface area contributed by atoms with Crippen molar-refractivity contribution in [3.05, 3.63) is 59.6 Å². The number of aromatic nitrogens is 2. The fourth-order valence-corrected chi connectivity index (χ4v) is 4.65. The van der Waals surface area contributed by atoms with Crippen LogP contribution in [0, 0.1) is 0 Å². The van der Waals surface area contributed by atoms with Gasteiger partial charge < -0.3 is 20.3 Å². The summed E-state index contributed by atoms with van der Waals surface area (Å²) in [4.78, 5) is 12.8. The van der Waals surface area contributed by atoms with Crippen LogP contribution in [-0.2, 0) is 0 Å². The number of hydrogen-bond acceptors (Lipinski definition) is 7. The zero-order valence-electron chi connectivity index (χ0n) is 17.5. The van der Waals surface area contributed by atoms with Crippen LogP contribution in [0.4, 0.5) is 17.3 Å². The highest BCUT2D eigenvalue weighted by atomic mass is 32.1. The minimum atomic E-state index is -0.0929. The maximum absolute atomic E-state index is 6.24. The molecule has 2 aromatic heterocycles. The molecule has 8 heteroatoms. The van der Waals surface area contributed by atoms with E-state index in [1.165, 1.54) is 5.69 Å². The smallest absolute Gasteiger partial charge is 0.397 e. The maximum Gasteiger partial charge on any atom is 0.397 e. The van der Waals surface area contributed by atoms with Crippen LogP contribution in [0.5, 0.6) is 5.88 Å². The van der Waals surface area contributed by atoms with E-state index in [-0.39, 0.29) is 6.10 Å². The number of nitrogens with zero attached hydrogens (tertiary/aromatic N) is 3. The Morgan fingerprint density at radius 2 is 1.97 bits per heavy atom. The van der Waals surface area contributed by atoms with E-state index in [1.54, 1.807) is 11.3 Å². The number of likely N-dealkylation sites (N-methyl/N-ethyl adjacent to an activating group) is 1. The van der Waals surface area contributed by atoms with Crippen LogP contribution in [0.1, 0.15) is 6.42 Å². The molecule has 2 aliphatic rings. The van der Waals surface area contributed by atoms with E-state index in [2.05, 4.69) is 51.4 Å². The number of ether oxygens (including phenoxy) is 1. The average Bonchev–Trinajstić information content (AvgIpc) is 3.24. The van der Waals surface area contributed by atoms with Gasteiger partial charge in [0.2, 0.25) is 0 Å². The number of rotatable bonds is 5. The molecule has 3 aromatic rings. The van der Waals surface area contributed by atoms with Crippen LogP contribution < -0.4 is 25.7 Å². The van der Waals surface area contributed by atoms with Crippen molar-refractivity contribution in [2.75, 3.05) is 43.4 Å². The second-order valence-corrected chi connectivity index (χ2v) is 8.91. The number of aromatic amines is 1. The first kappa shape index (κ1) is 19.8. The van der Waals surface area contributed by atoms with Crippen molar-refractivity contribution >= 4 is 38.9 Å². The van der Waals surface area contributed by atoms with Gasteiger partial charge in [-0.3, -0.25) is 0 Å². The Bertz CT molecular complexity index is 1110. The predicted octanol–water partition coefficient (Wildman–Crippen LogP) is 3.16. The fraction of sp³-hybridized carbons (Fsp3) is 0.304. The van der Waals surface area contributed by atoms with Gasteiger partial charge in [0.25, 0.3) is 5.88 Å². The third-order valence-electron chi connectivity index (χ3n) is 5.66. The van der Waals surface area contributed by atoms with Crippen molar-refractivity contribution < 1.29 is 9.72 Å². The Kier molecular flexibility index (Phi) is 5.48. The van der Waals surface area contributed by atoms with E-state index in [0.717, 1.165) is 47.8 Å². The normalized spacial score (nSPS) is 19.5. The van der Waals surface area contributed by atoms with E-state index >= 15 is 0 Å². The number of anilines is 3. The van der Waals surface area contributed by atoms with E-state index < -0.39 is 0 Å². The Labute approximate surface area is 185 Å². The summed E-state index contributed by atoms with van der Waals surface area (Å²) in [6.07, 6.45) is 6.46. The van der Waals surface area contributed by atoms with Gasteiger partial charge in [0.1, 0.15) is 10.8 Å². The molecule has 1 aromatic carbocycles. The predicted molar refractivity (Wildman–Crippen MR) is 126 cm³/mol. The lowest BCUT2D eigenvalue weighted by molar-refractivity contribution is -0.380. The molecule has 0 radical (unpaired) electrons. The quantitative estimate of drug-likeness (QED) is 0.641. The fourth-order valence-electron chi connectivity index (χ4n) is 3.88. The molecule has 3 heterocycles. The summed E-state index contributed by atoms with van der Waals surface area (Å²) in [6, 6.07) is 10.5. The Morgan fingerprint density at radius 1 is 1.16 bits per heavy atom. The van der Waals surface area contributed by atoms with Crippen molar-refractivity contribution in [1.82, 2.24) is 9.88 Å². The first-order valence-electron chi connectivity index (χ1n) is 10.5. The van der Waals surface area contributed by atoms with Crippen molar-refractivity contribution in [3.63, 3.8) is 0 Å². The number of fused-ring (bicyclic) bond motifs is 1. The highest BCUT2D eigenvalue weighted by molar-refractivity contribution is 7.17. The SMILES string of the molecule is CN1CCN(c2ccc(Nc3nc4ccsc4c(OC4C=CC=C(N)C4)[nH+]3)cc2)CC1. The summed E-state index contributed by atoms with van der Waals surface area (Å²) in [5, 5.41) is 5.41. The lowest BCUT2D eigenvalue weighted by Gasteiger charge is -2.34. The van der Waals surface area contributed by atoms with E-state index in [0.29, 0.717) is 18.2 Å². The van der Waals surface area contributed by atoms with E-state index in [9.17, 15) is 0 Å². The number of nitrogens with one attached hydrogen (secondary N) is 2. The second-order valence-electron chi connectivity index (χ2n) is 8.00. The minimum absolute atomic E-state index is 0.0929. The van der Waals surface area contributed by atoms with Gasteiger partial charge in [-0.15, -0.1) is 11.3 Å². The molecule has 0 bridgehead atoms. The number of nitrogens with two attached hydrogens (primary N) is 1. The van der Waals surface area contributed by atoms with Crippen molar-refractivity contribution in [1.29, 1.82) is 0 Å². The van der Waals surface area contributed by atoms with Crippen molar-refractivity contribution in [2.24, 2.45) is 5.73 Å². The van der Waals surface area contributed by atoms with Gasteiger partial charge in [-0.2, -0.15) is 0 Å². The van der Waals surface area contributed by atoms with Gasteiger partial charge in [-0.25, -0.2) is 10.3 Å². The molecule has 1 aliphatic carbocycles. The molecule has 160 valence electrons. The van der Waals surface area contributed by atoms with Crippen LogP contribution in [0.2, 0.25) is 0 Å². The average molecular weight is 436 g/mol. The zero-order chi connectivity index (χ0) is 21.2. The molecule has 1 unspecified atom stereocenters. The van der Waals surface area contributed by atoms with Gasteiger partial charge >= 0.3 is 5.95 Å². The van der Waals surface area contributed by atoms with Gasteiger partial charge in [-0.05, 0) is 54.9 Å². The molecule has 5 rings (SSSR count). The van der Waals surface area contributed by atoms with Gasteiger partial charge in [0, 0.05) is 44.0 Å². The topological polar surface area (TPSA) is 80.8 Å². The molecule has 1 aliphatic heterocycles. The van der Waals surface area contributed by atoms with Crippen LogP contribution in [0.15, 0.2) is 59.6 Å². The van der Waals surface area contributed by atoms with Crippen molar-refractivity contribution in [3.8, 4) is 5.88 Å². The molecule has 1 fully saturated rings. The highest BCUT2D eigenvalue weighted by Gasteiger charge is 2.20. The summed E-state index contributed by atoms with van der Waals surface area (Å²) in [5.74, 6) is 1.36. The highest BCUT2D eigenvalue weighted by Crippen LogP contribution is 2.29. The third kappa shape index (κ3) is 4.50. The molecule has 7 nitrogen and oxygen atoms in total. The Balaban J connectivity index is 1.33. The molecular weight excluding hydrogens is 408 g/mol. The van der Waals surface area contributed by atoms with Crippen LogP contribution >= 0.6 is 11.3 Å². The minimum Gasteiger partial charge on any atom is -0.459 e. The standard InChI is InChI=1S/C23H26N6OS/c1-28-10-12-29(13-11-28)18-7-5-17(6-8-18)25-23-26-20-9-14-31-21(20)22(27-23)30-19-4-2-3-16(24)15-19/h2-9,14,19H,10-13,15,24H2,1H3,(H,25,26,27)/p+1. The first-order chi connectivity index (χ1) is 15.1. The van der Waals surface area contributed by atoms with Crippen LogP contribution in [0.3, 0.4) is 0 Å². The molecule has 0 spiro atoms. The molecule has 1 atom stereocenters. The number of piperazine rings is 1. The summed E-state index contributed by atoms with van der Waals surface area (Å²) < 4.78 is 7.24. The lowest BCUT2D eigenvalue weighted by atomic mass is 10.1. The molecule has 1 saturated heterocycles. The largest absolute Gasteiger partial charge is 0.459 e. The Hall–Kier alpha value is -3.10.